The van der Waals surface area contributed by atoms with Crippen molar-refractivity contribution in [2.75, 3.05) is 11.9 Å². The van der Waals surface area contributed by atoms with Crippen molar-refractivity contribution < 1.29 is 0 Å². The van der Waals surface area contributed by atoms with Gasteiger partial charge in [-0.05, 0) is 53.5 Å². The van der Waals surface area contributed by atoms with E-state index in [1.54, 1.807) is 0 Å². The topological polar surface area (TPSA) is 16.1 Å². The maximum atomic E-state index is 4.57. The highest BCUT2D eigenvalue weighted by Crippen LogP contribution is 2.26. The van der Waals surface area contributed by atoms with Crippen LogP contribution in [0.25, 0.3) is 0 Å². The molecule has 2 rings (SSSR count). The quantitative estimate of drug-likeness (QED) is 0.823. The minimum Gasteiger partial charge on any atom is -0.329 e. The number of para-hydroxylation sites is 1. The molecule has 0 amide bonds. The van der Waals surface area contributed by atoms with E-state index >= 15 is 0 Å². The van der Waals surface area contributed by atoms with Crippen LogP contribution in [0.5, 0.6) is 0 Å². The van der Waals surface area contributed by atoms with Gasteiger partial charge in [0.2, 0.25) is 0 Å². The summed E-state index contributed by atoms with van der Waals surface area (Å²) < 4.78 is 1.04. The Hall–Kier alpha value is -1.35. The van der Waals surface area contributed by atoms with Crippen molar-refractivity contribution in [2.24, 2.45) is 0 Å². The van der Waals surface area contributed by atoms with Gasteiger partial charge in [0, 0.05) is 17.2 Å². The molecule has 2 aromatic rings. The summed E-state index contributed by atoms with van der Waals surface area (Å²) in [6, 6.07) is 12.4. The number of benzene rings is 1. The maximum absolute atomic E-state index is 4.57. The monoisotopic (exact) mass is 290 g/mol. The minimum absolute atomic E-state index is 0.958. The van der Waals surface area contributed by atoms with E-state index in [2.05, 4.69) is 44.9 Å². The third-order valence-electron chi connectivity index (χ3n) is 2.83. The molecule has 0 saturated carbocycles. The van der Waals surface area contributed by atoms with Gasteiger partial charge in [-0.15, -0.1) is 0 Å². The van der Waals surface area contributed by atoms with Gasteiger partial charge in [-0.1, -0.05) is 18.2 Å². The summed E-state index contributed by atoms with van der Waals surface area (Å²) in [6.45, 7) is 4.11. The fourth-order valence-electron chi connectivity index (χ4n) is 1.78. The molecule has 1 aromatic heterocycles. The van der Waals surface area contributed by atoms with Crippen LogP contribution >= 0.6 is 15.9 Å². The highest BCUT2D eigenvalue weighted by Gasteiger charge is 2.08. The number of aromatic nitrogens is 1. The molecule has 0 unspecified atom stereocenters. The van der Waals surface area contributed by atoms with Crippen molar-refractivity contribution in [3.63, 3.8) is 0 Å². The van der Waals surface area contributed by atoms with E-state index in [0.29, 0.717) is 0 Å². The Kier molecular flexibility index (Phi) is 3.48. The van der Waals surface area contributed by atoms with E-state index in [4.69, 9.17) is 0 Å². The number of hydrogen-bond acceptors (Lipinski definition) is 2. The summed E-state index contributed by atoms with van der Waals surface area (Å²) in [5.74, 6) is 0.958. The van der Waals surface area contributed by atoms with Crippen LogP contribution < -0.4 is 4.90 Å². The number of anilines is 2. The van der Waals surface area contributed by atoms with Crippen LogP contribution in [0.3, 0.4) is 0 Å². The first kappa shape index (κ1) is 12.1. The average Bonchev–Trinajstić information content (AvgIpc) is 2.32. The Morgan fingerprint density at radius 1 is 1.06 bits per heavy atom. The third-order valence-corrected chi connectivity index (χ3v) is 3.67. The lowest BCUT2D eigenvalue weighted by atomic mass is 10.2. The predicted octanol–water partition coefficient (Wildman–Crippen LogP) is 4.23. The summed E-state index contributed by atoms with van der Waals surface area (Å²) >= 11 is 3.47. The van der Waals surface area contributed by atoms with Crippen molar-refractivity contribution in [1.82, 2.24) is 4.98 Å². The van der Waals surface area contributed by atoms with Crippen LogP contribution in [0.2, 0.25) is 0 Å². The molecule has 3 heteroatoms. The molecule has 0 fully saturated rings. The molecule has 0 aliphatic heterocycles. The molecule has 0 radical (unpaired) electrons. The molecule has 0 N–H and O–H groups in total. The molecule has 2 nitrogen and oxygen atoms in total. The van der Waals surface area contributed by atoms with E-state index in [0.717, 1.165) is 16.0 Å². The molecule has 0 bridgehead atoms. The lowest BCUT2D eigenvalue weighted by Crippen LogP contribution is -2.12. The zero-order valence-corrected chi connectivity index (χ0v) is 11.8. The molecule has 0 aliphatic rings. The van der Waals surface area contributed by atoms with Crippen molar-refractivity contribution in [1.29, 1.82) is 0 Å². The van der Waals surface area contributed by atoms with Crippen LogP contribution in [0.1, 0.15) is 11.3 Å². The average molecular weight is 291 g/mol. The molecule has 1 heterocycles. The van der Waals surface area contributed by atoms with Gasteiger partial charge < -0.3 is 4.90 Å². The van der Waals surface area contributed by atoms with Crippen molar-refractivity contribution in [2.45, 2.75) is 13.8 Å². The van der Waals surface area contributed by atoms with Crippen LogP contribution in [0.15, 0.2) is 40.9 Å². The summed E-state index contributed by atoms with van der Waals surface area (Å²) in [7, 11) is 2.04. The van der Waals surface area contributed by atoms with Gasteiger partial charge in [-0.2, -0.15) is 0 Å². The zero-order valence-electron chi connectivity index (χ0n) is 10.2. The minimum atomic E-state index is 0.958. The third kappa shape index (κ3) is 2.50. The highest BCUT2D eigenvalue weighted by atomic mass is 79.9. The summed E-state index contributed by atoms with van der Waals surface area (Å²) in [4.78, 5) is 6.68. The molecule has 0 aliphatic carbocycles. The lowest BCUT2D eigenvalue weighted by molar-refractivity contribution is 1.08. The van der Waals surface area contributed by atoms with Gasteiger partial charge in [-0.25, -0.2) is 4.98 Å². The maximum Gasteiger partial charge on any atom is 0.133 e. The molecular weight excluding hydrogens is 276 g/mol. The lowest BCUT2D eigenvalue weighted by Gasteiger charge is -2.21. The van der Waals surface area contributed by atoms with Crippen LogP contribution in [-0.2, 0) is 0 Å². The summed E-state index contributed by atoms with van der Waals surface area (Å²) in [5, 5.41) is 0. The molecule has 88 valence electrons. The van der Waals surface area contributed by atoms with Gasteiger partial charge in [0.15, 0.2) is 0 Å². The second-order valence-electron chi connectivity index (χ2n) is 4.08. The molecule has 17 heavy (non-hydrogen) atoms. The van der Waals surface area contributed by atoms with Crippen molar-refractivity contribution >= 4 is 27.4 Å². The number of aryl methyl sites for hydroxylation is 2. The Labute approximate surface area is 110 Å². The summed E-state index contributed by atoms with van der Waals surface area (Å²) in [6.07, 6.45) is 0. The van der Waals surface area contributed by atoms with E-state index in [-0.39, 0.29) is 0 Å². The number of halogens is 1. The standard InChI is InChI=1S/C14H15BrN2/c1-10-6-4-5-7-13(10)17(3)14-9-8-12(15)11(2)16-14/h4-9H,1-3H3. The highest BCUT2D eigenvalue weighted by molar-refractivity contribution is 9.10. The first-order valence-electron chi connectivity index (χ1n) is 5.52. The Morgan fingerprint density at radius 3 is 2.41 bits per heavy atom. The van der Waals surface area contributed by atoms with Crippen LogP contribution in [0, 0.1) is 13.8 Å². The van der Waals surface area contributed by atoms with Gasteiger partial charge in [0.05, 0.1) is 5.69 Å². The Bertz CT molecular complexity index is 537. The van der Waals surface area contributed by atoms with E-state index in [1.807, 2.05) is 38.2 Å². The second-order valence-corrected chi connectivity index (χ2v) is 4.94. The van der Waals surface area contributed by atoms with Gasteiger partial charge >= 0.3 is 0 Å². The SMILES string of the molecule is Cc1ccccc1N(C)c1ccc(Br)c(C)n1. The Balaban J connectivity index is 2.40. The first-order chi connectivity index (χ1) is 8.09. The largest absolute Gasteiger partial charge is 0.329 e. The molecule has 0 atom stereocenters. The van der Waals surface area contributed by atoms with Gasteiger partial charge in [0.25, 0.3) is 0 Å². The van der Waals surface area contributed by atoms with Crippen LogP contribution in [-0.4, -0.2) is 12.0 Å². The van der Waals surface area contributed by atoms with Crippen molar-refractivity contribution in [3.8, 4) is 0 Å². The number of pyridine rings is 1. The van der Waals surface area contributed by atoms with Gasteiger partial charge in [0.1, 0.15) is 5.82 Å². The smallest absolute Gasteiger partial charge is 0.133 e. The number of hydrogen-bond donors (Lipinski definition) is 0. The molecule has 0 saturated heterocycles. The first-order valence-corrected chi connectivity index (χ1v) is 6.31. The fraction of sp³-hybridized carbons (Fsp3) is 0.214. The fourth-order valence-corrected chi connectivity index (χ4v) is 2.00. The zero-order chi connectivity index (χ0) is 12.4. The summed E-state index contributed by atoms with van der Waals surface area (Å²) in [5.41, 5.74) is 3.43. The normalized spacial score (nSPS) is 10.4. The van der Waals surface area contributed by atoms with E-state index < -0.39 is 0 Å². The van der Waals surface area contributed by atoms with Gasteiger partial charge in [-0.3, -0.25) is 0 Å². The Morgan fingerprint density at radius 2 is 1.76 bits per heavy atom. The molecule has 1 aromatic carbocycles. The second kappa shape index (κ2) is 4.88. The molecule has 0 spiro atoms. The van der Waals surface area contributed by atoms with E-state index in [9.17, 15) is 0 Å². The van der Waals surface area contributed by atoms with Crippen molar-refractivity contribution in [3.05, 3.63) is 52.1 Å². The van der Waals surface area contributed by atoms with Crippen LogP contribution in [0.4, 0.5) is 11.5 Å². The predicted molar refractivity (Wildman–Crippen MR) is 75.9 cm³/mol. The number of nitrogens with zero attached hydrogens (tertiary/aromatic N) is 2. The molecular formula is C14H15BrN2. The van der Waals surface area contributed by atoms with E-state index in [1.165, 1.54) is 11.3 Å². The number of rotatable bonds is 2.